The van der Waals surface area contributed by atoms with Crippen molar-refractivity contribution in [1.82, 2.24) is 15.3 Å². The number of hydrogen-bond acceptors (Lipinski definition) is 7. The summed E-state index contributed by atoms with van der Waals surface area (Å²) in [5.41, 5.74) is 2.14. The van der Waals surface area contributed by atoms with Gasteiger partial charge < -0.3 is 20.1 Å². The molecule has 8 nitrogen and oxygen atoms in total. The molecule has 0 saturated carbocycles. The molecule has 1 heterocycles. The topological polar surface area (TPSA) is 109 Å². The minimum atomic E-state index is -0.348. The number of hydrogen-bond donors (Lipinski definition) is 2. The maximum atomic E-state index is 12.5. The molecule has 3 rings (SSSR count). The van der Waals surface area contributed by atoms with E-state index >= 15 is 0 Å². The van der Waals surface area contributed by atoms with E-state index in [2.05, 4.69) is 26.7 Å². The van der Waals surface area contributed by atoms with Gasteiger partial charge in [-0.05, 0) is 29.8 Å². The van der Waals surface area contributed by atoms with Crippen LogP contribution in [0.2, 0.25) is 0 Å². The quantitative estimate of drug-likeness (QED) is 0.639. The molecular formula is C21H19N5O3. The molecule has 0 aliphatic heterocycles. The highest BCUT2D eigenvalue weighted by atomic mass is 16.5. The van der Waals surface area contributed by atoms with E-state index in [1.807, 2.05) is 6.07 Å². The summed E-state index contributed by atoms with van der Waals surface area (Å²) in [5, 5.41) is 15.0. The van der Waals surface area contributed by atoms with Gasteiger partial charge in [0.2, 0.25) is 0 Å². The molecule has 0 aliphatic carbocycles. The lowest BCUT2D eigenvalue weighted by Crippen LogP contribution is -2.24. The second-order valence-electron chi connectivity index (χ2n) is 5.94. The van der Waals surface area contributed by atoms with E-state index in [1.54, 1.807) is 50.6 Å². The Hall–Kier alpha value is -4.12. The maximum absolute atomic E-state index is 12.5. The average Bonchev–Trinajstić information content (AvgIpc) is 2.77. The van der Waals surface area contributed by atoms with Crippen LogP contribution in [0.4, 0.5) is 11.5 Å². The predicted octanol–water partition coefficient (Wildman–Crippen LogP) is 3.04. The minimum Gasteiger partial charge on any atom is -0.493 e. The third-order valence-electron chi connectivity index (χ3n) is 4.11. The first-order valence-corrected chi connectivity index (χ1v) is 8.72. The minimum absolute atomic E-state index is 0.206. The van der Waals surface area contributed by atoms with Gasteiger partial charge >= 0.3 is 0 Å². The first-order chi connectivity index (χ1) is 14.1. The number of para-hydroxylation sites is 1. The largest absolute Gasteiger partial charge is 0.493 e. The van der Waals surface area contributed by atoms with Crippen LogP contribution in [0.3, 0.4) is 0 Å². The number of benzene rings is 2. The maximum Gasteiger partial charge on any atom is 0.270 e. The molecule has 0 radical (unpaired) electrons. The van der Waals surface area contributed by atoms with Crippen molar-refractivity contribution in [3.63, 3.8) is 0 Å². The van der Waals surface area contributed by atoms with Gasteiger partial charge in [0.15, 0.2) is 11.5 Å². The van der Waals surface area contributed by atoms with Gasteiger partial charge in [0, 0.05) is 12.6 Å². The fraction of sp³-hybridized carbons (Fsp3) is 0.143. The van der Waals surface area contributed by atoms with E-state index in [9.17, 15) is 10.1 Å². The monoisotopic (exact) mass is 389 g/mol. The standard InChI is InChI=1S/C21H19N5O3/c1-28-18-8-7-14(9-19(18)29-2)12-23-21(27)17-10-20(25-13-24-17)26-16-6-4-3-5-15(16)11-22/h3-10,13H,12H2,1-2H3,(H,23,27)(H,24,25,26). The number of carbonyl (C=O) groups excluding carboxylic acids is 1. The van der Waals surface area contributed by atoms with Gasteiger partial charge in [-0.15, -0.1) is 0 Å². The summed E-state index contributed by atoms with van der Waals surface area (Å²) in [4.78, 5) is 20.6. The zero-order chi connectivity index (χ0) is 20.6. The summed E-state index contributed by atoms with van der Waals surface area (Å²) in [7, 11) is 3.12. The molecule has 1 aromatic heterocycles. The molecule has 2 aromatic carbocycles. The Bertz CT molecular complexity index is 1060. The summed E-state index contributed by atoms with van der Waals surface area (Å²) < 4.78 is 10.5. The average molecular weight is 389 g/mol. The van der Waals surface area contributed by atoms with Crippen LogP contribution in [-0.2, 0) is 6.54 Å². The number of anilines is 2. The highest BCUT2D eigenvalue weighted by Gasteiger charge is 2.11. The summed E-state index contributed by atoms with van der Waals surface area (Å²) >= 11 is 0. The molecule has 0 spiro atoms. The second kappa shape index (κ2) is 9.19. The Morgan fingerprint density at radius 1 is 1.07 bits per heavy atom. The molecule has 0 unspecified atom stereocenters. The molecule has 0 saturated heterocycles. The van der Waals surface area contributed by atoms with E-state index in [1.165, 1.54) is 12.4 Å². The number of nitriles is 1. The lowest BCUT2D eigenvalue weighted by atomic mass is 10.2. The highest BCUT2D eigenvalue weighted by Crippen LogP contribution is 2.27. The van der Waals surface area contributed by atoms with Gasteiger partial charge in [-0.2, -0.15) is 5.26 Å². The molecule has 0 fully saturated rings. The van der Waals surface area contributed by atoms with Crippen LogP contribution in [0, 0.1) is 11.3 Å². The Morgan fingerprint density at radius 2 is 1.86 bits per heavy atom. The van der Waals surface area contributed by atoms with E-state index in [0.717, 1.165) is 5.56 Å². The molecule has 0 bridgehead atoms. The molecule has 1 amide bonds. The van der Waals surface area contributed by atoms with Crippen molar-refractivity contribution in [3.05, 3.63) is 71.7 Å². The van der Waals surface area contributed by atoms with Crippen LogP contribution < -0.4 is 20.1 Å². The molecule has 0 atom stereocenters. The number of aromatic nitrogens is 2. The molecule has 3 aromatic rings. The zero-order valence-corrected chi connectivity index (χ0v) is 16.0. The van der Waals surface area contributed by atoms with Crippen molar-refractivity contribution in [2.75, 3.05) is 19.5 Å². The molecular weight excluding hydrogens is 370 g/mol. The van der Waals surface area contributed by atoms with Crippen LogP contribution in [0.15, 0.2) is 54.9 Å². The fourth-order valence-electron chi connectivity index (χ4n) is 2.64. The number of nitrogens with one attached hydrogen (secondary N) is 2. The Morgan fingerprint density at radius 3 is 2.62 bits per heavy atom. The number of nitrogens with zero attached hydrogens (tertiary/aromatic N) is 3. The number of methoxy groups -OCH3 is 2. The van der Waals surface area contributed by atoms with E-state index < -0.39 is 0 Å². The first kappa shape index (κ1) is 19.6. The summed E-state index contributed by atoms with van der Waals surface area (Å²) in [5.74, 6) is 1.27. The lowest BCUT2D eigenvalue weighted by Gasteiger charge is -2.11. The summed E-state index contributed by atoms with van der Waals surface area (Å²) in [6.07, 6.45) is 1.29. The number of carbonyl (C=O) groups is 1. The Kier molecular flexibility index (Phi) is 6.22. The third-order valence-corrected chi connectivity index (χ3v) is 4.11. The van der Waals surface area contributed by atoms with Gasteiger partial charge in [0.25, 0.3) is 5.91 Å². The van der Waals surface area contributed by atoms with Crippen molar-refractivity contribution >= 4 is 17.4 Å². The van der Waals surface area contributed by atoms with Crippen LogP contribution in [0.5, 0.6) is 11.5 Å². The number of rotatable bonds is 7. The van der Waals surface area contributed by atoms with Gasteiger partial charge in [0.05, 0.1) is 25.5 Å². The van der Waals surface area contributed by atoms with E-state index in [4.69, 9.17) is 9.47 Å². The van der Waals surface area contributed by atoms with Crippen LogP contribution in [0.25, 0.3) is 0 Å². The van der Waals surface area contributed by atoms with Crippen molar-refractivity contribution in [3.8, 4) is 17.6 Å². The van der Waals surface area contributed by atoms with Gasteiger partial charge in [-0.25, -0.2) is 9.97 Å². The smallest absolute Gasteiger partial charge is 0.270 e. The van der Waals surface area contributed by atoms with Crippen molar-refractivity contribution in [2.45, 2.75) is 6.54 Å². The van der Waals surface area contributed by atoms with Crippen LogP contribution >= 0.6 is 0 Å². The Labute approximate surface area is 168 Å². The molecule has 0 aliphatic rings. The number of amides is 1. The highest BCUT2D eigenvalue weighted by molar-refractivity contribution is 5.93. The lowest BCUT2D eigenvalue weighted by molar-refractivity contribution is 0.0945. The van der Waals surface area contributed by atoms with Crippen molar-refractivity contribution < 1.29 is 14.3 Å². The second-order valence-corrected chi connectivity index (χ2v) is 5.94. The third kappa shape index (κ3) is 4.78. The number of ether oxygens (including phenoxy) is 2. The Balaban J connectivity index is 1.69. The molecule has 2 N–H and O–H groups in total. The van der Waals surface area contributed by atoms with Crippen molar-refractivity contribution in [2.24, 2.45) is 0 Å². The van der Waals surface area contributed by atoms with Gasteiger partial charge in [-0.1, -0.05) is 18.2 Å². The fourth-order valence-corrected chi connectivity index (χ4v) is 2.64. The van der Waals surface area contributed by atoms with E-state index in [0.29, 0.717) is 35.1 Å². The molecule has 8 heteroatoms. The summed E-state index contributed by atoms with van der Waals surface area (Å²) in [6, 6.07) is 16.1. The molecule has 29 heavy (non-hydrogen) atoms. The van der Waals surface area contributed by atoms with Crippen LogP contribution in [-0.4, -0.2) is 30.1 Å². The molecule has 146 valence electrons. The zero-order valence-electron chi connectivity index (χ0n) is 16.0. The van der Waals surface area contributed by atoms with Crippen molar-refractivity contribution in [1.29, 1.82) is 5.26 Å². The first-order valence-electron chi connectivity index (χ1n) is 8.72. The summed E-state index contributed by atoms with van der Waals surface area (Å²) in [6.45, 7) is 0.295. The van der Waals surface area contributed by atoms with Gasteiger partial charge in [0.1, 0.15) is 23.9 Å². The SMILES string of the molecule is COc1ccc(CNC(=O)c2cc(Nc3ccccc3C#N)ncn2)cc1OC. The van der Waals surface area contributed by atoms with E-state index in [-0.39, 0.29) is 11.6 Å². The van der Waals surface area contributed by atoms with Gasteiger partial charge in [-0.3, -0.25) is 4.79 Å². The van der Waals surface area contributed by atoms with Crippen LogP contribution in [0.1, 0.15) is 21.6 Å². The predicted molar refractivity (Wildman–Crippen MR) is 107 cm³/mol. The normalized spacial score (nSPS) is 9.97.